The Bertz CT molecular complexity index is 540. The molecule has 5 nitrogen and oxygen atoms in total. The molecule has 0 radical (unpaired) electrons. The molecule has 1 aliphatic heterocycles. The highest BCUT2D eigenvalue weighted by atomic mass is 35.7. The summed E-state index contributed by atoms with van der Waals surface area (Å²) in [6.07, 6.45) is 0.234. The van der Waals surface area contributed by atoms with Crippen LogP contribution in [-0.4, -0.2) is 20.9 Å². The molecule has 1 aromatic carbocycles. The maximum absolute atomic E-state index is 11.2. The van der Waals surface area contributed by atoms with Crippen molar-refractivity contribution in [3.05, 3.63) is 18.2 Å². The van der Waals surface area contributed by atoms with Crippen molar-refractivity contribution in [1.29, 1.82) is 0 Å². The predicted octanol–water partition coefficient (Wildman–Crippen LogP) is 1.34. The van der Waals surface area contributed by atoms with E-state index in [-0.39, 0.29) is 23.8 Å². The van der Waals surface area contributed by atoms with Gasteiger partial charge in [0.15, 0.2) is 0 Å². The first-order chi connectivity index (χ1) is 7.47. The van der Waals surface area contributed by atoms with Crippen LogP contribution in [0.2, 0.25) is 0 Å². The number of benzene rings is 1. The summed E-state index contributed by atoms with van der Waals surface area (Å²) < 4.78 is 27.5. The fraction of sp³-hybridized carbons (Fsp3) is 0.222. The summed E-state index contributed by atoms with van der Waals surface area (Å²) in [5, 5.41) is 2.55. The van der Waals surface area contributed by atoms with Gasteiger partial charge in [-0.15, -0.1) is 0 Å². The average molecular weight is 262 g/mol. The largest absolute Gasteiger partial charge is 0.491 e. The minimum absolute atomic E-state index is 0.0706. The van der Waals surface area contributed by atoms with Gasteiger partial charge < -0.3 is 10.1 Å². The number of carbonyl (C=O) groups is 1. The summed E-state index contributed by atoms with van der Waals surface area (Å²) in [6, 6.07) is 4.08. The smallest absolute Gasteiger partial charge is 0.261 e. The Morgan fingerprint density at radius 1 is 1.38 bits per heavy atom. The molecular formula is C9H8ClNO4S. The number of ether oxygens (including phenoxy) is 1. The molecule has 0 bridgehead atoms. The minimum Gasteiger partial charge on any atom is -0.491 e. The zero-order valence-electron chi connectivity index (χ0n) is 8.07. The Kier molecular flexibility index (Phi) is 2.77. The van der Waals surface area contributed by atoms with E-state index >= 15 is 0 Å². The topological polar surface area (TPSA) is 72.5 Å². The Balaban J connectivity index is 2.49. The molecule has 0 atom stereocenters. The van der Waals surface area contributed by atoms with E-state index in [0.717, 1.165) is 0 Å². The van der Waals surface area contributed by atoms with Crippen LogP contribution < -0.4 is 10.1 Å². The van der Waals surface area contributed by atoms with Crippen LogP contribution in [0.3, 0.4) is 0 Å². The van der Waals surface area contributed by atoms with Gasteiger partial charge in [0, 0.05) is 10.7 Å². The normalized spacial score (nSPS) is 15.7. The Morgan fingerprint density at radius 2 is 2.12 bits per heavy atom. The molecule has 1 N–H and O–H groups in total. The van der Waals surface area contributed by atoms with Crippen LogP contribution in [0.1, 0.15) is 6.42 Å². The van der Waals surface area contributed by atoms with Crippen molar-refractivity contribution in [3.8, 4) is 5.75 Å². The van der Waals surface area contributed by atoms with Gasteiger partial charge in [0.2, 0.25) is 5.91 Å². The first kappa shape index (κ1) is 11.2. The van der Waals surface area contributed by atoms with E-state index in [2.05, 4.69) is 5.32 Å². The third-order valence-corrected chi connectivity index (χ3v) is 3.44. The molecule has 0 unspecified atom stereocenters. The van der Waals surface area contributed by atoms with Crippen LogP contribution in [0, 0.1) is 0 Å². The monoisotopic (exact) mass is 261 g/mol. The van der Waals surface area contributed by atoms with Gasteiger partial charge >= 0.3 is 0 Å². The zero-order valence-corrected chi connectivity index (χ0v) is 9.64. The molecule has 1 heterocycles. The molecule has 1 aliphatic rings. The van der Waals surface area contributed by atoms with E-state index in [1.165, 1.54) is 18.2 Å². The van der Waals surface area contributed by atoms with E-state index < -0.39 is 9.05 Å². The standard InChI is InChI=1S/C9H8ClNO4S/c10-16(13,14)6-1-2-8-7(5-6)11-9(12)3-4-15-8/h1-2,5H,3-4H2,(H,11,12). The van der Waals surface area contributed by atoms with Crippen LogP contribution in [0.15, 0.2) is 23.1 Å². The molecule has 1 amide bonds. The van der Waals surface area contributed by atoms with Crippen LogP contribution in [0.4, 0.5) is 5.69 Å². The van der Waals surface area contributed by atoms with E-state index in [4.69, 9.17) is 15.4 Å². The highest BCUT2D eigenvalue weighted by Crippen LogP contribution is 2.30. The lowest BCUT2D eigenvalue weighted by molar-refractivity contribution is -0.116. The molecule has 16 heavy (non-hydrogen) atoms. The first-order valence-corrected chi connectivity index (χ1v) is 6.79. The number of rotatable bonds is 1. The maximum atomic E-state index is 11.2. The quantitative estimate of drug-likeness (QED) is 0.774. The minimum atomic E-state index is -3.80. The van der Waals surface area contributed by atoms with Gasteiger partial charge in [-0.3, -0.25) is 4.79 Å². The van der Waals surface area contributed by atoms with Crippen molar-refractivity contribution >= 4 is 31.3 Å². The fourth-order valence-corrected chi connectivity index (χ4v) is 2.13. The highest BCUT2D eigenvalue weighted by molar-refractivity contribution is 8.13. The number of hydrogen-bond acceptors (Lipinski definition) is 4. The SMILES string of the molecule is O=C1CCOc2ccc(S(=O)(=O)Cl)cc2N1. The number of fused-ring (bicyclic) bond motifs is 1. The average Bonchev–Trinajstić information content (AvgIpc) is 2.35. The number of amides is 1. The highest BCUT2D eigenvalue weighted by Gasteiger charge is 2.17. The summed E-state index contributed by atoms with van der Waals surface area (Å²) in [7, 11) is 1.40. The Hall–Kier alpha value is -1.27. The van der Waals surface area contributed by atoms with Gasteiger partial charge in [-0.2, -0.15) is 0 Å². The molecule has 7 heteroatoms. The van der Waals surface area contributed by atoms with Gasteiger partial charge in [-0.1, -0.05) is 0 Å². The summed E-state index contributed by atoms with van der Waals surface area (Å²) in [5.74, 6) is 0.220. The number of hydrogen-bond donors (Lipinski definition) is 1. The van der Waals surface area contributed by atoms with Crippen LogP contribution >= 0.6 is 10.7 Å². The lowest BCUT2D eigenvalue weighted by Gasteiger charge is -2.07. The van der Waals surface area contributed by atoms with Crippen molar-refractivity contribution in [2.24, 2.45) is 0 Å². The van der Waals surface area contributed by atoms with E-state index in [1.54, 1.807) is 0 Å². The van der Waals surface area contributed by atoms with E-state index in [0.29, 0.717) is 11.4 Å². The van der Waals surface area contributed by atoms with Gasteiger partial charge in [-0.05, 0) is 18.2 Å². The second-order valence-corrected chi connectivity index (χ2v) is 5.81. The number of nitrogens with one attached hydrogen (secondary N) is 1. The van der Waals surface area contributed by atoms with Crippen molar-refractivity contribution in [2.75, 3.05) is 11.9 Å². The first-order valence-electron chi connectivity index (χ1n) is 4.48. The van der Waals surface area contributed by atoms with E-state index in [9.17, 15) is 13.2 Å². The lowest BCUT2D eigenvalue weighted by Crippen LogP contribution is -2.10. The molecule has 0 fully saturated rings. The third-order valence-electron chi connectivity index (χ3n) is 2.09. The van der Waals surface area contributed by atoms with Crippen LogP contribution in [-0.2, 0) is 13.8 Å². The Labute approximate surface area is 96.8 Å². The zero-order chi connectivity index (χ0) is 11.8. The van der Waals surface area contributed by atoms with Gasteiger partial charge in [0.1, 0.15) is 5.75 Å². The summed E-state index contributed by atoms with van der Waals surface area (Å²) in [4.78, 5) is 11.2. The molecular weight excluding hydrogens is 254 g/mol. The van der Waals surface area contributed by atoms with Crippen LogP contribution in [0.25, 0.3) is 0 Å². The molecule has 2 rings (SSSR count). The maximum Gasteiger partial charge on any atom is 0.261 e. The van der Waals surface area contributed by atoms with Crippen molar-refractivity contribution < 1.29 is 17.9 Å². The molecule has 0 saturated carbocycles. The number of halogens is 1. The van der Waals surface area contributed by atoms with E-state index in [1.807, 2.05) is 0 Å². The second kappa shape index (κ2) is 3.95. The molecule has 0 aromatic heterocycles. The third kappa shape index (κ3) is 2.28. The van der Waals surface area contributed by atoms with Crippen LogP contribution in [0.5, 0.6) is 5.75 Å². The lowest BCUT2D eigenvalue weighted by atomic mass is 10.3. The molecule has 0 aliphatic carbocycles. The predicted molar refractivity (Wildman–Crippen MR) is 58.2 cm³/mol. The molecule has 0 saturated heterocycles. The van der Waals surface area contributed by atoms with Crippen molar-refractivity contribution in [3.63, 3.8) is 0 Å². The summed E-state index contributed by atoms with van der Waals surface area (Å²) in [5.41, 5.74) is 0.323. The summed E-state index contributed by atoms with van der Waals surface area (Å²) in [6.45, 7) is 0.270. The van der Waals surface area contributed by atoms with Gasteiger partial charge in [-0.25, -0.2) is 8.42 Å². The van der Waals surface area contributed by atoms with Gasteiger partial charge in [0.05, 0.1) is 23.6 Å². The van der Waals surface area contributed by atoms with Gasteiger partial charge in [0.25, 0.3) is 9.05 Å². The molecule has 0 spiro atoms. The Morgan fingerprint density at radius 3 is 2.81 bits per heavy atom. The summed E-state index contributed by atoms with van der Waals surface area (Å²) >= 11 is 0. The fourth-order valence-electron chi connectivity index (χ4n) is 1.35. The molecule has 1 aromatic rings. The van der Waals surface area contributed by atoms with Crippen molar-refractivity contribution in [1.82, 2.24) is 0 Å². The molecule has 86 valence electrons. The van der Waals surface area contributed by atoms with Crippen molar-refractivity contribution in [2.45, 2.75) is 11.3 Å². The second-order valence-electron chi connectivity index (χ2n) is 3.24. The number of anilines is 1. The number of carbonyl (C=O) groups excluding carboxylic acids is 1.